The van der Waals surface area contributed by atoms with E-state index in [4.69, 9.17) is 0 Å². The molecule has 5 heteroatoms. The van der Waals surface area contributed by atoms with Crippen molar-refractivity contribution in [3.8, 4) is 0 Å². The van der Waals surface area contributed by atoms with E-state index in [9.17, 15) is 9.90 Å². The lowest BCUT2D eigenvalue weighted by Gasteiger charge is -2.34. The van der Waals surface area contributed by atoms with Gasteiger partial charge in [0.05, 0.1) is 17.4 Å². The monoisotopic (exact) mass is 293 g/mol. The van der Waals surface area contributed by atoms with Crippen LogP contribution >= 0.6 is 0 Å². The van der Waals surface area contributed by atoms with Crippen LogP contribution in [0.3, 0.4) is 0 Å². The zero-order valence-electron chi connectivity index (χ0n) is 13.6. The van der Waals surface area contributed by atoms with Crippen LogP contribution in [0, 0.1) is 19.8 Å². The second-order valence-corrected chi connectivity index (χ2v) is 6.16. The molecule has 0 bridgehead atoms. The molecule has 2 atom stereocenters. The molecule has 2 heterocycles. The number of aliphatic hydroxyl groups is 1. The molecule has 0 aliphatic carbocycles. The van der Waals surface area contributed by atoms with Crippen LogP contribution in [-0.4, -0.2) is 44.9 Å². The van der Waals surface area contributed by atoms with Gasteiger partial charge in [0.15, 0.2) is 0 Å². The van der Waals surface area contributed by atoms with Crippen LogP contribution in [0.1, 0.15) is 54.9 Å². The van der Waals surface area contributed by atoms with E-state index in [1.165, 1.54) is 0 Å². The molecule has 2 unspecified atom stereocenters. The Hall–Kier alpha value is -1.36. The second-order valence-electron chi connectivity index (χ2n) is 6.16. The van der Waals surface area contributed by atoms with Crippen LogP contribution < -0.4 is 0 Å². The molecular weight excluding hydrogens is 266 g/mol. The second kappa shape index (κ2) is 6.60. The lowest BCUT2D eigenvalue weighted by molar-refractivity contribution is 0.0465. The van der Waals surface area contributed by atoms with Gasteiger partial charge in [0.2, 0.25) is 0 Å². The highest BCUT2D eigenvalue weighted by Gasteiger charge is 2.29. The Morgan fingerprint density at radius 1 is 1.48 bits per heavy atom. The van der Waals surface area contributed by atoms with E-state index in [-0.39, 0.29) is 17.9 Å². The molecule has 0 aromatic carbocycles. The van der Waals surface area contributed by atoms with E-state index in [1.807, 2.05) is 30.4 Å². The van der Waals surface area contributed by atoms with Gasteiger partial charge in [-0.2, -0.15) is 5.10 Å². The Morgan fingerprint density at radius 3 is 2.81 bits per heavy atom. The van der Waals surface area contributed by atoms with E-state index in [1.54, 1.807) is 0 Å². The third-order valence-corrected chi connectivity index (χ3v) is 4.46. The van der Waals surface area contributed by atoms with E-state index in [0.717, 1.165) is 49.3 Å². The van der Waals surface area contributed by atoms with Crippen LogP contribution in [-0.2, 0) is 6.54 Å². The zero-order valence-corrected chi connectivity index (χ0v) is 13.6. The Labute approximate surface area is 126 Å². The van der Waals surface area contributed by atoms with Gasteiger partial charge in [0.25, 0.3) is 5.91 Å². The molecule has 0 radical (unpaired) electrons. The molecule has 0 saturated carbocycles. The quantitative estimate of drug-likeness (QED) is 0.925. The highest BCUT2D eigenvalue weighted by molar-refractivity contribution is 5.96. The van der Waals surface area contributed by atoms with E-state index in [0.29, 0.717) is 6.54 Å². The SMILES string of the molecule is CCCn1nc(C)c(C(=O)N2CCCC(C(C)O)C2)c1C. The molecular formula is C16H27N3O2. The fourth-order valence-corrected chi connectivity index (χ4v) is 3.18. The van der Waals surface area contributed by atoms with Gasteiger partial charge in [-0.1, -0.05) is 6.92 Å². The Balaban J connectivity index is 2.20. The molecule has 1 fully saturated rings. The van der Waals surface area contributed by atoms with E-state index < -0.39 is 0 Å². The number of hydrogen-bond donors (Lipinski definition) is 1. The molecule has 5 nitrogen and oxygen atoms in total. The van der Waals surface area contributed by atoms with Crippen molar-refractivity contribution in [2.24, 2.45) is 5.92 Å². The largest absolute Gasteiger partial charge is 0.393 e. The molecule has 1 saturated heterocycles. The minimum Gasteiger partial charge on any atom is -0.393 e. The third kappa shape index (κ3) is 3.28. The van der Waals surface area contributed by atoms with Gasteiger partial charge in [-0.3, -0.25) is 9.48 Å². The lowest BCUT2D eigenvalue weighted by atomic mass is 9.93. The molecule has 1 aliphatic heterocycles. The summed E-state index contributed by atoms with van der Waals surface area (Å²) in [4.78, 5) is 14.7. The number of carbonyl (C=O) groups is 1. The lowest BCUT2D eigenvalue weighted by Crippen LogP contribution is -2.43. The molecule has 0 spiro atoms. The molecule has 118 valence electrons. The highest BCUT2D eigenvalue weighted by Crippen LogP contribution is 2.23. The van der Waals surface area contributed by atoms with Gasteiger partial charge in [0, 0.05) is 31.2 Å². The van der Waals surface area contributed by atoms with Crippen LogP contribution in [0.5, 0.6) is 0 Å². The normalized spacial score (nSPS) is 20.6. The summed E-state index contributed by atoms with van der Waals surface area (Å²) in [5, 5.41) is 14.3. The third-order valence-electron chi connectivity index (χ3n) is 4.46. The summed E-state index contributed by atoms with van der Waals surface area (Å²) >= 11 is 0. The molecule has 1 N–H and O–H groups in total. The number of carbonyl (C=O) groups excluding carboxylic acids is 1. The standard InChI is InChI=1S/C16H27N3O2/c1-5-8-19-12(3)15(11(2)17-19)16(21)18-9-6-7-14(10-18)13(4)20/h13-14,20H,5-10H2,1-4H3. The molecule has 2 rings (SSSR count). The summed E-state index contributed by atoms with van der Waals surface area (Å²) < 4.78 is 1.93. The number of likely N-dealkylation sites (tertiary alicyclic amines) is 1. The van der Waals surface area contributed by atoms with Crippen molar-refractivity contribution >= 4 is 5.91 Å². The van der Waals surface area contributed by atoms with Crippen molar-refractivity contribution in [3.63, 3.8) is 0 Å². The minimum absolute atomic E-state index is 0.0673. The van der Waals surface area contributed by atoms with Crippen molar-refractivity contribution in [2.45, 2.75) is 59.6 Å². The maximum absolute atomic E-state index is 12.8. The van der Waals surface area contributed by atoms with Gasteiger partial charge < -0.3 is 10.0 Å². The van der Waals surface area contributed by atoms with Crippen LogP contribution in [0.25, 0.3) is 0 Å². The first-order valence-electron chi connectivity index (χ1n) is 7.97. The first-order chi connectivity index (χ1) is 9.95. The van der Waals surface area contributed by atoms with E-state index in [2.05, 4.69) is 12.0 Å². The molecule has 1 aliphatic rings. The van der Waals surface area contributed by atoms with Gasteiger partial charge in [0.1, 0.15) is 0 Å². The number of aliphatic hydroxyl groups excluding tert-OH is 1. The van der Waals surface area contributed by atoms with E-state index >= 15 is 0 Å². The minimum atomic E-state index is -0.356. The average Bonchev–Trinajstić information content (AvgIpc) is 2.73. The van der Waals surface area contributed by atoms with Gasteiger partial charge in [-0.15, -0.1) is 0 Å². The average molecular weight is 293 g/mol. The predicted molar refractivity (Wildman–Crippen MR) is 82.3 cm³/mol. The molecule has 21 heavy (non-hydrogen) atoms. The summed E-state index contributed by atoms with van der Waals surface area (Å²) in [5.41, 5.74) is 2.51. The molecule has 1 aromatic rings. The fraction of sp³-hybridized carbons (Fsp3) is 0.750. The zero-order chi connectivity index (χ0) is 15.6. The number of piperidine rings is 1. The number of hydrogen-bond acceptors (Lipinski definition) is 3. The van der Waals surface area contributed by atoms with Crippen molar-refractivity contribution in [2.75, 3.05) is 13.1 Å². The maximum atomic E-state index is 12.8. The number of aryl methyl sites for hydroxylation is 2. The van der Waals surface area contributed by atoms with Crippen molar-refractivity contribution in [1.82, 2.24) is 14.7 Å². The van der Waals surface area contributed by atoms with Gasteiger partial charge in [-0.25, -0.2) is 0 Å². The van der Waals surface area contributed by atoms with Crippen molar-refractivity contribution in [3.05, 3.63) is 17.0 Å². The van der Waals surface area contributed by atoms with Crippen LogP contribution in [0.4, 0.5) is 0 Å². The number of rotatable bonds is 4. The highest BCUT2D eigenvalue weighted by atomic mass is 16.3. The smallest absolute Gasteiger partial charge is 0.257 e. The Morgan fingerprint density at radius 2 is 2.19 bits per heavy atom. The summed E-state index contributed by atoms with van der Waals surface area (Å²) in [6.45, 7) is 10.1. The summed E-state index contributed by atoms with van der Waals surface area (Å²) in [5.74, 6) is 0.256. The Kier molecular flexibility index (Phi) is 5.04. The molecule has 1 aromatic heterocycles. The topological polar surface area (TPSA) is 58.4 Å². The van der Waals surface area contributed by atoms with Crippen molar-refractivity contribution in [1.29, 1.82) is 0 Å². The predicted octanol–water partition coefficient (Wildman–Crippen LogP) is 2.14. The summed E-state index contributed by atoms with van der Waals surface area (Å²) in [6, 6.07) is 0. The fourth-order valence-electron chi connectivity index (χ4n) is 3.18. The van der Waals surface area contributed by atoms with Gasteiger partial charge in [-0.05, 0) is 40.0 Å². The Bertz CT molecular complexity index is 508. The number of nitrogens with zero attached hydrogens (tertiary/aromatic N) is 3. The maximum Gasteiger partial charge on any atom is 0.257 e. The summed E-state index contributed by atoms with van der Waals surface area (Å²) in [6.07, 6.45) is 2.60. The summed E-state index contributed by atoms with van der Waals surface area (Å²) in [7, 11) is 0. The van der Waals surface area contributed by atoms with Crippen molar-refractivity contribution < 1.29 is 9.90 Å². The van der Waals surface area contributed by atoms with Gasteiger partial charge >= 0.3 is 0 Å². The first kappa shape index (κ1) is 16.0. The number of amides is 1. The first-order valence-corrected chi connectivity index (χ1v) is 7.97. The number of aromatic nitrogens is 2. The van der Waals surface area contributed by atoms with Crippen LogP contribution in [0.15, 0.2) is 0 Å². The van der Waals surface area contributed by atoms with Crippen LogP contribution in [0.2, 0.25) is 0 Å². The molecule has 1 amide bonds.